The number of nitrogens with two attached hydrogens (primary N) is 1. The number of ether oxygens (including phenoxy) is 3. The largest absolute Gasteiger partial charge is 0.477 e. The zero-order chi connectivity index (χ0) is 17.6. The number of hydrogen-bond acceptors (Lipinski definition) is 9. The van der Waals surface area contributed by atoms with Crippen LogP contribution in [-0.2, 0) is 28.7 Å². The van der Waals surface area contributed by atoms with Crippen LogP contribution in [0, 0.1) is 0 Å². The molecule has 0 heterocycles. The summed E-state index contributed by atoms with van der Waals surface area (Å²) in [7, 11) is 1.23. The highest BCUT2D eigenvalue weighted by Crippen LogP contribution is 2.21. The first kappa shape index (κ1) is 22.1. The molecule has 0 aliphatic rings. The number of methoxy groups -OCH3 is 1. The van der Waals surface area contributed by atoms with Crippen LogP contribution in [0.25, 0.3) is 0 Å². The molecule has 23 heavy (non-hydrogen) atoms. The van der Waals surface area contributed by atoms with Gasteiger partial charge in [0.15, 0.2) is 0 Å². The van der Waals surface area contributed by atoms with Gasteiger partial charge in [-0.1, -0.05) is 6.92 Å². The van der Waals surface area contributed by atoms with Crippen molar-refractivity contribution in [1.82, 2.24) is 5.48 Å². The average Bonchev–Trinajstić information content (AvgIpc) is 2.54. The molecule has 10 nitrogen and oxygen atoms in total. The van der Waals surface area contributed by atoms with Crippen molar-refractivity contribution in [2.75, 3.05) is 46.7 Å². The number of nitrogens with one attached hydrogen (secondary N) is 1. The number of aliphatic hydroxyl groups excluding tert-OH is 1. The Morgan fingerprint density at radius 3 is 2.52 bits per heavy atom. The first-order valence-electron chi connectivity index (χ1n) is 7.37. The summed E-state index contributed by atoms with van der Waals surface area (Å²) < 4.78 is 15.4. The summed E-state index contributed by atoms with van der Waals surface area (Å²) in [5.74, 6) is 1.67. The second-order valence-electron chi connectivity index (χ2n) is 4.60. The summed E-state index contributed by atoms with van der Waals surface area (Å²) in [5.41, 5.74) is 2.61. The maximum atomic E-state index is 11.3. The highest BCUT2D eigenvalue weighted by Gasteiger charge is 2.41. The molecule has 0 aliphatic heterocycles. The molecule has 2 unspecified atom stereocenters. The standard InChI is InChI=1S/C13H28N2O8/c1-3-11(16)10-13(19-2,12(17)18)21-5-4-15-23-9-7-20-6-8-22-14/h11,15-16H,3-10,14H2,1-2H3,(H,17,18). The zero-order valence-electron chi connectivity index (χ0n) is 13.7. The maximum absolute atomic E-state index is 11.3. The third-order valence-corrected chi connectivity index (χ3v) is 2.95. The first-order chi connectivity index (χ1) is 11.0. The van der Waals surface area contributed by atoms with Crippen molar-refractivity contribution in [1.29, 1.82) is 0 Å². The normalized spacial score (nSPS) is 15.3. The van der Waals surface area contributed by atoms with E-state index in [1.54, 1.807) is 6.92 Å². The van der Waals surface area contributed by atoms with Crippen molar-refractivity contribution in [2.24, 2.45) is 5.90 Å². The van der Waals surface area contributed by atoms with Crippen LogP contribution >= 0.6 is 0 Å². The molecular formula is C13H28N2O8. The van der Waals surface area contributed by atoms with E-state index in [2.05, 4.69) is 10.3 Å². The fraction of sp³-hybridized carbons (Fsp3) is 0.923. The van der Waals surface area contributed by atoms with Crippen LogP contribution in [0.1, 0.15) is 19.8 Å². The Balaban J connectivity index is 3.89. The second-order valence-corrected chi connectivity index (χ2v) is 4.60. The van der Waals surface area contributed by atoms with Crippen LogP contribution in [-0.4, -0.2) is 74.8 Å². The lowest BCUT2D eigenvalue weighted by molar-refractivity contribution is -0.245. The predicted molar refractivity (Wildman–Crippen MR) is 79.2 cm³/mol. The number of carboxylic acids is 1. The van der Waals surface area contributed by atoms with E-state index >= 15 is 0 Å². The monoisotopic (exact) mass is 340 g/mol. The van der Waals surface area contributed by atoms with Crippen LogP contribution in [0.2, 0.25) is 0 Å². The van der Waals surface area contributed by atoms with E-state index < -0.39 is 17.9 Å². The molecule has 0 aromatic heterocycles. The maximum Gasteiger partial charge on any atom is 0.364 e. The molecule has 2 atom stereocenters. The Labute approximate surface area is 135 Å². The van der Waals surface area contributed by atoms with Crippen molar-refractivity contribution >= 4 is 5.97 Å². The van der Waals surface area contributed by atoms with E-state index in [4.69, 9.17) is 24.9 Å². The van der Waals surface area contributed by atoms with Gasteiger partial charge in [-0.05, 0) is 6.42 Å². The van der Waals surface area contributed by atoms with E-state index in [-0.39, 0.29) is 19.6 Å². The van der Waals surface area contributed by atoms with Crippen molar-refractivity contribution in [3.63, 3.8) is 0 Å². The lowest BCUT2D eigenvalue weighted by atomic mass is 10.1. The minimum Gasteiger partial charge on any atom is -0.477 e. The zero-order valence-corrected chi connectivity index (χ0v) is 13.7. The van der Waals surface area contributed by atoms with Crippen LogP contribution in [0.15, 0.2) is 0 Å². The molecule has 0 aliphatic carbocycles. The molecule has 0 fully saturated rings. The SMILES string of the molecule is CCC(O)CC(OC)(OCCNOCCOCCON)C(=O)O. The van der Waals surface area contributed by atoms with Gasteiger partial charge in [-0.2, -0.15) is 0 Å². The number of hydroxylamine groups is 1. The number of aliphatic hydroxyl groups is 1. The summed E-state index contributed by atoms with van der Waals surface area (Å²) in [6, 6.07) is 0. The van der Waals surface area contributed by atoms with E-state index in [1.807, 2.05) is 0 Å². The molecular weight excluding hydrogens is 312 g/mol. The molecule has 5 N–H and O–H groups in total. The summed E-state index contributed by atoms with van der Waals surface area (Å²) in [5, 5.41) is 18.9. The van der Waals surface area contributed by atoms with Gasteiger partial charge in [0, 0.05) is 20.1 Å². The Kier molecular flexibility index (Phi) is 13.1. The molecule has 0 rings (SSSR count). The third kappa shape index (κ3) is 9.79. The summed E-state index contributed by atoms with van der Waals surface area (Å²) in [4.78, 5) is 20.7. The Bertz CT molecular complexity index is 308. The highest BCUT2D eigenvalue weighted by molar-refractivity contribution is 5.75. The fourth-order valence-corrected chi connectivity index (χ4v) is 1.60. The quantitative estimate of drug-likeness (QED) is 0.157. The lowest BCUT2D eigenvalue weighted by Gasteiger charge is -2.29. The summed E-state index contributed by atoms with van der Waals surface area (Å²) in [6.07, 6.45) is -0.587. The first-order valence-corrected chi connectivity index (χ1v) is 7.37. The Morgan fingerprint density at radius 1 is 1.26 bits per heavy atom. The van der Waals surface area contributed by atoms with Crippen molar-refractivity contribution in [3.8, 4) is 0 Å². The van der Waals surface area contributed by atoms with Crippen molar-refractivity contribution < 1.29 is 38.9 Å². The molecule has 0 saturated carbocycles. The number of carboxylic acid groups (broad SMARTS) is 1. The van der Waals surface area contributed by atoms with Gasteiger partial charge in [0.05, 0.1) is 39.1 Å². The number of aliphatic carboxylic acids is 1. The van der Waals surface area contributed by atoms with Gasteiger partial charge in [0.1, 0.15) is 0 Å². The minimum absolute atomic E-state index is 0.0262. The van der Waals surface area contributed by atoms with Crippen LogP contribution in [0.3, 0.4) is 0 Å². The van der Waals surface area contributed by atoms with Gasteiger partial charge < -0.3 is 29.3 Å². The number of hydrogen-bond donors (Lipinski definition) is 4. The molecule has 0 bridgehead atoms. The van der Waals surface area contributed by atoms with Crippen LogP contribution in [0.4, 0.5) is 0 Å². The highest BCUT2D eigenvalue weighted by atomic mass is 16.7. The third-order valence-electron chi connectivity index (χ3n) is 2.95. The average molecular weight is 340 g/mol. The predicted octanol–water partition coefficient (Wildman–Crippen LogP) is -0.981. The molecule has 0 radical (unpaired) electrons. The van der Waals surface area contributed by atoms with Gasteiger partial charge in [-0.15, -0.1) is 0 Å². The fourth-order valence-electron chi connectivity index (χ4n) is 1.60. The number of rotatable bonds is 16. The molecule has 0 aromatic carbocycles. The molecule has 0 amide bonds. The van der Waals surface area contributed by atoms with E-state index in [0.29, 0.717) is 32.8 Å². The van der Waals surface area contributed by atoms with Gasteiger partial charge in [-0.25, -0.2) is 16.2 Å². The minimum atomic E-state index is -1.87. The van der Waals surface area contributed by atoms with E-state index in [0.717, 1.165) is 0 Å². The van der Waals surface area contributed by atoms with E-state index in [1.165, 1.54) is 7.11 Å². The Morgan fingerprint density at radius 2 is 1.96 bits per heavy atom. The lowest BCUT2D eigenvalue weighted by Crippen LogP contribution is -2.47. The van der Waals surface area contributed by atoms with Crippen molar-refractivity contribution in [2.45, 2.75) is 31.7 Å². The molecule has 0 spiro atoms. The van der Waals surface area contributed by atoms with Gasteiger partial charge in [0.2, 0.25) is 0 Å². The summed E-state index contributed by atoms with van der Waals surface area (Å²) in [6.45, 7) is 3.34. The molecule has 138 valence electrons. The number of carbonyl (C=O) groups is 1. The van der Waals surface area contributed by atoms with Crippen LogP contribution < -0.4 is 11.4 Å². The second kappa shape index (κ2) is 13.6. The topological polar surface area (TPSA) is 142 Å². The smallest absolute Gasteiger partial charge is 0.364 e. The van der Waals surface area contributed by atoms with Crippen molar-refractivity contribution in [3.05, 3.63) is 0 Å². The molecule has 10 heteroatoms. The van der Waals surface area contributed by atoms with Crippen LogP contribution in [0.5, 0.6) is 0 Å². The van der Waals surface area contributed by atoms with Gasteiger partial charge in [-0.3, -0.25) is 4.84 Å². The van der Waals surface area contributed by atoms with E-state index in [9.17, 15) is 15.0 Å². The summed E-state index contributed by atoms with van der Waals surface area (Å²) >= 11 is 0. The molecule has 0 saturated heterocycles. The van der Waals surface area contributed by atoms with Gasteiger partial charge in [0.25, 0.3) is 5.79 Å². The Hall–Kier alpha value is -0.850. The molecule has 0 aromatic rings. The van der Waals surface area contributed by atoms with Gasteiger partial charge >= 0.3 is 5.97 Å².